The van der Waals surface area contributed by atoms with Crippen LogP contribution < -0.4 is 10.1 Å². The first-order valence-electron chi connectivity index (χ1n) is 11.0. The normalized spacial score (nSPS) is 15.1. The Bertz CT molecular complexity index is 657. The number of halogens is 3. The van der Waals surface area contributed by atoms with Crippen molar-refractivity contribution in [3.63, 3.8) is 0 Å². The fraction of sp³-hybridized carbons (Fsp3) is 0.609. The van der Waals surface area contributed by atoms with Crippen molar-refractivity contribution in [2.75, 3.05) is 32.8 Å². The van der Waals surface area contributed by atoms with Crippen molar-refractivity contribution in [1.29, 1.82) is 0 Å². The molecular weight excluding hydrogens is 409 g/mol. The number of likely N-dealkylation sites (tertiary alicyclic amines) is 1. The van der Waals surface area contributed by atoms with Gasteiger partial charge in [0.05, 0.1) is 11.7 Å². The molecule has 1 heterocycles. The molecule has 174 valence electrons. The third-order valence-corrected chi connectivity index (χ3v) is 5.21. The standard InChI is InChI=1S/C23H33F3N2O3/c1-2-3-14-27-15-6-4-5-7-18-30-20-12-16-28(17-13-20)22(29)31-21-10-8-19(9-11-21)23(24,25)26/h2,8-11,20,27H,1,3-7,12-18H2. The summed E-state index contributed by atoms with van der Waals surface area (Å²) in [7, 11) is 0. The number of carbonyl (C=O) groups excluding carboxylic acids is 1. The molecule has 0 aromatic heterocycles. The highest BCUT2D eigenvalue weighted by Gasteiger charge is 2.30. The summed E-state index contributed by atoms with van der Waals surface area (Å²) in [5, 5.41) is 3.38. The van der Waals surface area contributed by atoms with Crippen LogP contribution in [0, 0.1) is 0 Å². The van der Waals surface area contributed by atoms with Gasteiger partial charge in [0, 0.05) is 19.7 Å². The summed E-state index contributed by atoms with van der Waals surface area (Å²) in [5.41, 5.74) is -0.773. The van der Waals surface area contributed by atoms with Crippen LogP contribution in [0.25, 0.3) is 0 Å². The highest BCUT2D eigenvalue weighted by atomic mass is 19.4. The number of hydrogen-bond acceptors (Lipinski definition) is 4. The third-order valence-electron chi connectivity index (χ3n) is 5.21. The maximum atomic E-state index is 12.6. The number of amides is 1. The van der Waals surface area contributed by atoms with Crippen molar-refractivity contribution >= 4 is 6.09 Å². The highest BCUT2D eigenvalue weighted by molar-refractivity contribution is 5.70. The summed E-state index contributed by atoms with van der Waals surface area (Å²) >= 11 is 0. The summed E-state index contributed by atoms with van der Waals surface area (Å²) in [6.45, 7) is 7.48. The van der Waals surface area contributed by atoms with Crippen LogP contribution in [0.1, 0.15) is 50.5 Å². The molecule has 0 saturated carbocycles. The molecule has 0 aliphatic carbocycles. The number of rotatable bonds is 12. The van der Waals surface area contributed by atoms with E-state index in [9.17, 15) is 18.0 Å². The molecule has 1 amide bonds. The van der Waals surface area contributed by atoms with Gasteiger partial charge in [-0.15, -0.1) is 6.58 Å². The number of piperidine rings is 1. The largest absolute Gasteiger partial charge is 0.416 e. The molecule has 1 aliphatic rings. The summed E-state index contributed by atoms with van der Waals surface area (Å²) in [6.07, 6.45) is 4.07. The van der Waals surface area contributed by atoms with Gasteiger partial charge in [-0.1, -0.05) is 18.9 Å². The lowest BCUT2D eigenvalue weighted by atomic mass is 10.1. The van der Waals surface area contributed by atoms with Gasteiger partial charge in [0.15, 0.2) is 0 Å². The van der Waals surface area contributed by atoms with Crippen molar-refractivity contribution in [2.24, 2.45) is 0 Å². The first-order chi connectivity index (χ1) is 14.9. The minimum absolute atomic E-state index is 0.104. The Kier molecular flexibility index (Phi) is 10.9. The molecule has 1 aromatic carbocycles. The number of unbranched alkanes of at least 4 members (excludes halogenated alkanes) is 3. The topological polar surface area (TPSA) is 50.8 Å². The Labute approximate surface area is 182 Å². The fourth-order valence-electron chi connectivity index (χ4n) is 3.37. The summed E-state index contributed by atoms with van der Waals surface area (Å²) in [4.78, 5) is 13.8. The highest BCUT2D eigenvalue weighted by Crippen LogP contribution is 2.30. The molecule has 1 N–H and O–H groups in total. The minimum atomic E-state index is -4.41. The SMILES string of the molecule is C=CCCNCCCCCCOC1CCN(C(=O)Oc2ccc(C(F)(F)F)cc2)CC1. The molecule has 0 spiro atoms. The van der Waals surface area contributed by atoms with E-state index < -0.39 is 17.8 Å². The lowest BCUT2D eigenvalue weighted by Gasteiger charge is -2.31. The Balaban J connectivity index is 1.54. The predicted molar refractivity (Wildman–Crippen MR) is 114 cm³/mol. The Morgan fingerprint density at radius 2 is 1.77 bits per heavy atom. The maximum Gasteiger partial charge on any atom is 0.416 e. The molecule has 0 radical (unpaired) electrons. The molecule has 5 nitrogen and oxygen atoms in total. The smallest absolute Gasteiger partial charge is 0.410 e. The molecule has 8 heteroatoms. The van der Waals surface area contributed by atoms with E-state index in [1.165, 1.54) is 6.42 Å². The zero-order valence-corrected chi connectivity index (χ0v) is 18.0. The summed E-state index contributed by atoms with van der Waals surface area (Å²) < 4.78 is 48.9. The Hall–Kier alpha value is -2.06. The van der Waals surface area contributed by atoms with Gasteiger partial charge in [-0.3, -0.25) is 0 Å². The Morgan fingerprint density at radius 1 is 1.10 bits per heavy atom. The van der Waals surface area contributed by atoms with Crippen molar-refractivity contribution in [2.45, 2.75) is 57.2 Å². The van der Waals surface area contributed by atoms with Gasteiger partial charge in [-0.25, -0.2) is 4.79 Å². The molecule has 1 fully saturated rings. The third kappa shape index (κ3) is 9.74. The zero-order chi connectivity index (χ0) is 22.5. The number of hydrogen-bond donors (Lipinski definition) is 1. The van der Waals surface area contributed by atoms with Gasteiger partial charge in [-0.2, -0.15) is 13.2 Å². The maximum absolute atomic E-state index is 12.6. The second-order valence-electron chi connectivity index (χ2n) is 7.69. The first-order valence-corrected chi connectivity index (χ1v) is 11.0. The van der Waals surface area contributed by atoms with E-state index in [-0.39, 0.29) is 11.9 Å². The number of nitrogens with zero attached hydrogens (tertiary/aromatic N) is 1. The number of benzene rings is 1. The van der Waals surface area contributed by atoms with Crippen LogP contribution in [-0.4, -0.2) is 49.9 Å². The zero-order valence-electron chi connectivity index (χ0n) is 18.0. The van der Waals surface area contributed by atoms with Crippen LogP contribution in [-0.2, 0) is 10.9 Å². The molecule has 1 aliphatic heterocycles. The van der Waals surface area contributed by atoms with Gasteiger partial charge in [0.2, 0.25) is 0 Å². The van der Waals surface area contributed by atoms with Gasteiger partial charge >= 0.3 is 12.3 Å². The van der Waals surface area contributed by atoms with Crippen LogP contribution in [0.15, 0.2) is 36.9 Å². The van der Waals surface area contributed by atoms with Gasteiger partial charge in [0.25, 0.3) is 0 Å². The minimum Gasteiger partial charge on any atom is -0.410 e. The van der Waals surface area contributed by atoms with E-state index in [0.29, 0.717) is 13.1 Å². The van der Waals surface area contributed by atoms with E-state index >= 15 is 0 Å². The van der Waals surface area contributed by atoms with Gasteiger partial charge < -0.3 is 19.7 Å². The second-order valence-corrected chi connectivity index (χ2v) is 7.69. The Morgan fingerprint density at radius 3 is 2.42 bits per heavy atom. The lowest BCUT2D eigenvalue weighted by molar-refractivity contribution is -0.137. The van der Waals surface area contributed by atoms with E-state index in [2.05, 4.69) is 11.9 Å². The van der Waals surface area contributed by atoms with Crippen LogP contribution >= 0.6 is 0 Å². The van der Waals surface area contributed by atoms with Crippen LogP contribution in [0.5, 0.6) is 5.75 Å². The number of carbonyl (C=O) groups is 1. The van der Waals surface area contributed by atoms with Crippen LogP contribution in [0.4, 0.5) is 18.0 Å². The summed E-state index contributed by atoms with van der Waals surface area (Å²) in [6, 6.07) is 4.13. The molecular formula is C23H33F3N2O3. The molecule has 2 rings (SSSR count). The monoisotopic (exact) mass is 442 g/mol. The van der Waals surface area contributed by atoms with E-state index in [0.717, 1.165) is 82.5 Å². The van der Waals surface area contributed by atoms with Crippen molar-refractivity contribution < 1.29 is 27.4 Å². The predicted octanol–water partition coefficient (Wildman–Crippen LogP) is 5.41. The average molecular weight is 443 g/mol. The molecule has 1 saturated heterocycles. The lowest BCUT2D eigenvalue weighted by Crippen LogP contribution is -2.42. The summed E-state index contributed by atoms with van der Waals surface area (Å²) in [5.74, 6) is 0.104. The number of ether oxygens (including phenoxy) is 2. The van der Waals surface area contributed by atoms with Crippen LogP contribution in [0.2, 0.25) is 0 Å². The van der Waals surface area contributed by atoms with Crippen molar-refractivity contribution in [3.05, 3.63) is 42.5 Å². The fourth-order valence-corrected chi connectivity index (χ4v) is 3.37. The van der Waals surface area contributed by atoms with E-state index in [1.54, 1.807) is 4.90 Å². The quantitative estimate of drug-likeness (QED) is 0.347. The first kappa shape index (κ1) is 25.2. The van der Waals surface area contributed by atoms with Crippen molar-refractivity contribution in [3.8, 4) is 5.75 Å². The van der Waals surface area contributed by atoms with Crippen LogP contribution in [0.3, 0.4) is 0 Å². The van der Waals surface area contributed by atoms with Crippen molar-refractivity contribution in [1.82, 2.24) is 10.2 Å². The average Bonchev–Trinajstić information content (AvgIpc) is 2.75. The number of alkyl halides is 3. The molecule has 0 unspecified atom stereocenters. The molecule has 0 bridgehead atoms. The second kappa shape index (κ2) is 13.4. The number of nitrogens with one attached hydrogen (secondary N) is 1. The van der Waals surface area contributed by atoms with Gasteiger partial charge in [-0.05, 0) is 69.5 Å². The molecule has 31 heavy (non-hydrogen) atoms. The molecule has 1 aromatic rings. The van der Waals surface area contributed by atoms with Gasteiger partial charge in [0.1, 0.15) is 5.75 Å². The van der Waals surface area contributed by atoms with E-state index in [4.69, 9.17) is 9.47 Å². The van der Waals surface area contributed by atoms with E-state index in [1.807, 2.05) is 6.08 Å². The molecule has 0 atom stereocenters.